The monoisotopic (exact) mass is 166 g/mol. The highest BCUT2D eigenvalue weighted by Gasteiger charge is 2.01. The van der Waals surface area contributed by atoms with Crippen LogP contribution in [0.1, 0.15) is 11.1 Å². The molecule has 0 aliphatic rings. The molecule has 0 unspecified atom stereocenters. The Hall–Kier alpha value is -1.22. The lowest BCUT2D eigenvalue weighted by Gasteiger charge is -2.07. The first kappa shape index (κ1) is 8.87. The minimum absolute atomic E-state index is 0.127. The van der Waals surface area contributed by atoms with E-state index in [-0.39, 0.29) is 6.61 Å². The zero-order valence-electron chi connectivity index (χ0n) is 7.17. The quantitative estimate of drug-likeness (QED) is 0.566. The molecular formula is C9H14N2O. The van der Waals surface area contributed by atoms with Gasteiger partial charge in [-0.3, -0.25) is 0 Å². The normalized spacial score (nSPS) is 10.2. The highest BCUT2D eigenvalue weighted by atomic mass is 16.2. The lowest BCUT2D eigenvalue weighted by atomic mass is 10.1. The first-order valence-corrected chi connectivity index (χ1v) is 3.90. The molecule has 0 amide bonds. The Bertz CT molecular complexity index is 261. The average molecular weight is 166 g/mol. The number of rotatable bonds is 2. The third-order valence-electron chi connectivity index (χ3n) is 1.95. The second-order valence-corrected chi connectivity index (χ2v) is 2.87. The van der Waals surface area contributed by atoms with E-state index < -0.39 is 0 Å². The highest BCUT2D eigenvalue weighted by molar-refractivity contribution is 5.62. The van der Waals surface area contributed by atoms with E-state index in [0.29, 0.717) is 17.8 Å². The summed E-state index contributed by atoms with van der Waals surface area (Å²) >= 11 is 0. The molecule has 0 bridgehead atoms. The number of aliphatic hydroxyl groups is 1. The lowest BCUT2D eigenvalue weighted by Crippen LogP contribution is -1.99. The Morgan fingerprint density at radius 2 is 1.75 bits per heavy atom. The summed E-state index contributed by atoms with van der Waals surface area (Å²) in [7, 11) is 0. The Balaban J connectivity index is 3.04. The van der Waals surface area contributed by atoms with Crippen molar-refractivity contribution < 1.29 is 5.11 Å². The van der Waals surface area contributed by atoms with Gasteiger partial charge in [-0.05, 0) is 36.6 Å². The number of hydrogen-bond donors (Lipinski definition) is 3. The van der Waals surface area contributed by atoms with E-state index in [9.17, 15) is 0 Å². The first-order chi connectivity index (χ1) is 5.65. The Labute approximate surface area is 72.0 Å². The summed E-state index contributed by atoms with van der Waals surface area (Å²) in [6.45, 7) is 2.01. The van der Waals surface area contributed by atoms with Crippen molar-refractivity contribution in [3.05, 3.63) is 23.3 Å². The highest BCUT2D eigenvalue weighted by Crippen LogP contribution is 2.20. The van der Waals surface area contributed by atoms with Crippen LogP contribution in [0.5, 0.6) is 0 Å². The zero-order chi connectivity index (χ0) is 9.14. The van der Waals surface area contributed by atoms with E-state index in [1.165, 1.54) is 0 Å². The molecule has 0 atom stereocenters. The molecule has 0 aromatic heterocycles. The standard InChI is InChI=1S/C9H14N2O/c1-6-8(10)4-7(2-3-12)5-9(6)11/h4-5,12H,2-3,10-11H2,1H3. The molecule has 12 heavy (non-hydrogen) atoms. The fraction of sp³-hybridized carbons (Fsp3) is 0.333. The van der Waals surface area contributed by atoms with Crippen LogP contribution in [0.3, 0.4) is 0 Å². The van der Waals surface area contributed by atoms with Gasteiger partial charge in [0.15, 0.2) is 0 Å². The smallest absolute Gasteiger partial charge is 0.0471 e. The maximum absolute atomic E-state index is 8.69. The van der Waals surface area contributed by atoms with Crippen LogP contribution in [-0.2, 0) is 6.42 Å². The minimum atomic E-state index is 0.127. The number of aliphatic hydroxyl groups excluding tert-OH is 1. The van der Waals surface area contributed by atoms with E-state index in [0.717, 1.165) is 11.1 Å². The molecule has 0 aliphatic heterocycles. The summed E-state index contributed by atoms with van der Waals surface area (Å²) in [6.07, 6.45) is 0.606. The molecule has 5 N–H and O–H groups in total. The summed E-state index contributed by atoms with van der Waals surface area (Å²) in [5.41, 5.74) is 14.7. The van der Waals surface area contributed by atoms with Gasteiger partial charge < -0.3 is 16.6 Å². The van der Waals surface area contributed by atoms with Crippen molar-refractivity contribution in [1.82, 2.24) is 0 Å². The van der Waals surface area contributed by atoms with Crippen LogP contribution in [0.4, 0.5) is 11.4 Å². The van der Waals surface area contributed by atoms with Gasteiger partial charge in [0, 0.05) is 18.0 Å². The number of benzene rings is 1. The SMILES string of the molecule is Cc1c(N)cc(CCO)cc1N. The maximum atomic E-state index is 8.69. The molecule has 1 rings (SSSR count). The molecule has 3 nitrogen and oxygen atoms in total. The lowest BCUT2D eigenvalue weighted by molar-refractivity contribution is 0.299. The van der Waals surface area contributed by atoms with Gasteiger partial charge in [-0.2, -0.15) is 0 Å². The molecule has 66 valence electrons. The molecule has 0 aliphatic carbocycles. The Morgan fingerprint density at radius 3 is 2.17 bits per heavy atom. The van der Waals surface area contributed by atoms with Gasteiger partial charge in [-0.15, -0.1) is 0 Å². The summed E-state index contributed by atoms with van der Waals surface area (Å²) in [4.78, 5) is 0. The van der Waals surface area contributed by atoms with Crippen LogP contribution in [0, 0.1) is 6.92 Å². The molecule has 0 heterocycles. The van der Waals surface area contributed by atoms with E-state index in [4.69, 9.17) is 16.6 Å². The van der Waals surface area contributed by atoms with Crippen molar-refractivity contribution in [3.8, 4) is 0 Å². The van der Waals surface area contributed by atoms with Gasteiger partial charge in [0.1, 0.15) is 0 Å². The molecule has 0 saturated heterocycles. The molecular weight excluding hydrogens is 152 g/mol. The molecule has 1 aromatic rings. The third kappa shape index (κ3) is 1.68. The molecule has 0 fully saturated rings. The molecule has 3 heteroatoms. The van der Waals surface area contributed by atoms with Gasteiger partial charge >= 0.3 is 0 Å². The second-order valence-electron chi connectivity index (χ2n) is 2.87. The number of nitrogens with two attached hydrogens (primary N) is 2. The van der Waals surface area contributed by atoms with Crippen LogP contribution in [0.25, 0.3) is 0 Å². The summed E-state index contributed by atoms with van der Waals surface area (Å²) in [5.74, 6) is 0. The van der Waals surface area contributed by atoms with Crippen LogP contribution >= 0.6 is 0 Å². The van der Waals surface area contributed by atoms with Crippen molar-refractivity contribution in [1.29, 1.82) is 0 Å². The van der Waals surface area contributed by atoms with E-state index in [1.54, 1.807) is 0 Å². The summed E-state index contributed by atoms with van der Waals surface area (Å²) in [5, 5.41) is 8.69. The van der Waals surface area contributed by atoms with Gasteiger partial charge in [-0.25, -0.2) is 0 Å². The van der Waals surface area contributed by atoms with Gasteiger partial charge in [-0.1, -0.05) is 0 Å². The number of anilines is 2. The molecule has 0 saturated carbocycles. The number of nitrogen functional groups attached to an aromatic ring is 2. The van der Waals surface area contributed by atoms with E-state index in [1.807, 2.05) is 19.1 Å². The fourth-order valence-corrected chi connectivity index (χ4v) is 1.10. The van der Waals surface area contributed by atoms with Crippen LogP contribution in [-0.4, -0.2) is 11.7 Å². The average Bonchev–Trinajstić information content (AvgIpc) is 2.01. The summed E-state index contributed by atoms with van der Waals surface area (Å²) < 4.78 is 0. The minimum Gasteiger partial charge on any atom is -0.398 e. The maximum Gasteiger partial charge on any atom is 0.0471 e. The predicted octanol–water partition coefficient (Wildman–Crippen LogP) is 0.694. The van der Waals surface area contributed by atoms with Crippen LogP contribution < -0.4 is 11.5 Å². The number of hydrogen-bond acceptors (Lipinski definition) is 3. The van der Waals surface area contributed by atoms with Crippen molar-refractivity contribution >= 4 is 11.4 Å². The predicted molar refractivity (Wildman–Crippen MR) is 50.8 cm³/mol. The molecule has 0 radical (unpaired) electrons. The molecule has 0 spiro atoms. The Morgan fingerprint density at radius 1 is 1.25 bits per heavy atom. The van der Waals surface area contributed by atoms with Gasteiger partial charge in [0.2, 0.25) is 0 Å². The summed E-state index contributed by atoms with van der Waals surface area (Å²) in [6, 6.07) is 3.70. The van der Waals surface area contributed by atoms with E-state index >= 15 is 0 Å². The molecule has 1 aromatic carbocycles. The van der Waals surface area contributed by atoms with Crippen LogP contribution in [0.15, 0.2) is 12.1 Å². The van der Waals surface area contributed by atoms with Gasteiger partial charge in [0.05, 0.1) is 0 Å². The van der Waals surface area contributed by atoms with Gasteiger partial charge in [0.25, 0.3) is 0 Å². The largest absolute Gasteiger partial charge is 0.398 e. The van der Waals surface area contributed by atoms with Crippen LogP contribution in [0.2, 0.25) is 0 Å². The fourth-order valence-electron chi connectivity index (χ4n) is 1.10. The van der Waals surface area contributed by atoms with Crippen molar-refractivity contribution in [2.45, 2.75) is 13.3 Å². The van der Waals surface area contributed by atoms with Crippen molar-refractivity contribution in [2.24, 2.45) is 0 Å². The van der Waals surface area contributed by atoms with Crippen molar-refractivity contribution in [3.63, 3.8) is 0 Å². The third-order valence-corrected chi connectivity index (χ3v) is 1.95. The first-order valence-electron chi connectivity index (χ1n) is 3.90. The second kappa shape index (κ2) is 3.45. The van der Waals surface area contributed by atoms with Crippen molar-refractivity contribution in [2.75, 3.05) is 18.1 Å². The zero-order valence-corrected chi connectivity index (χ0v) is 7.17. The topological polar surface area (TPSA) is 72.3 Å². The van der Waals surface area contributed by atoms with E-state index in [2.05, 4.69) is 0 Å². The Kier molecular flexibility index (Phi) is 2.55.